The van der Waals surface area contributed by atoms with E-state index < -0.39 is 0 Å². The normalized spacial score (nSPS) is 19.5. The zero-order chi connectivity index (χ0) is 19.9. The predicted molar refractivity (Wildman–Crippen MR) is 114 cm³/mol. The Morgan fingerprint density at radius 1 is 0.667 bits per heavy atom. The van der Waals surface area contributed by atoms with Crippen LogP contribution in [0.25, 0.3) is 22.1 Å². The third-order valence-electron chi connectivity index (χ3n) is 5.80. The first kappa shape index (κ1) is 17.1. The highest BCUT2D eigenvalue weighted by atomic mass is 15.6. The lowest BCUT2D eigenvalue weighted by atomic mass is 10.0. The van der Waals surface area contributed by atoms with Gasteiger partial charge < -0.3 is 4.90 Å². The van der Waals surface area contributed by atoms with Gasteiger partial charge in [0.15, 0.2) is 0 Å². The first-order valence-corrected chi connectivity index (χ1v) is 10.2. The molecule has 30 heavy (non-hydrogen) atoms. The molecule has 4 heterocycles. The van der Waals surface area contributed by atoms with E-state index in [-0.39, 0.29) is 12.3 Å². The molecule has 0 N–H and O–H groups in total. The fraction of sp³-hybridized carbons (Fsp3) is 0.227. The van der Waals surface area contributed by atoms with Crippen LogP contribution in [0.5, 0.6) is 0 Å². The van der Waals surface area contributed by atoms with Crippen LogP contribution in [0.1, 0.15) is 31.6 Å². The molecule has 2 atom stereocenters. The van der Waals surface area contributed by atoms with Gasteiger partial charge in [-0.25, -0.2) is 14.3 Å². The van der Waals surface area contributed by atoms with Gasteiger partial charge in [0.1, 0.15) is 29.2 Å². The van der Waals surface area contributed by atoms with Gasteiger partial charge in [0.2, 0.25) is 0 Å². The summed E-state index contributed by atoms with van der Waals surface area (Å²) in [7, 11) is 0. The molecule has 6 rings (SSSR count). The summed E-state index contributed by atoms with van der Waals surface area (Å²) in [6, 6.07) is 22.2. The number of hydrogen-bond acceptors (Lipinski definition) is 6. The van der Waals surface area contributed by atoms with Crippen LogP contribution in [0, 0.1) is 0 Å². The van der Waals surface area contributed by atoms with E-state index in [1.54, 1.807) is 0 Å². The van der Waals surface area contributed by atoms with Gasteiger partial charge >= 0.3 is 0 Å². The summed E-state index contributed by atoms with van der Waals surface area (Å²) in [5.74, 6) is 0.895. The van der Waals surface area contributed by atoms with Crippen LogP contribution in [0.4, 0.5) is 5.82 Å². The second kappa shape index (κ2) is 6.91. The minimum atomic E-state index is -0.0194. The lowest BCUT2D eigenvalue weighted by Gasteiger charge is -2.42. The maximum absolute atomic E-state index is 4.69. The maximum atomic E-state index is 4.69. The van der Waals surface area contributed by atoms with Crippen molar-refractivity contribution in [2.24, 2.45) is 0 Å². The molecular formula is C22H20N8. The first-order chi connectivity index (χ1) is 14.9. The van der Waals surface area contributed by atoms with E-state index >= 15 is 0 Å². The smallest absolute Gasteiger partial charge is 0.131 e. The van der Waals surface area contributed by atoms with Gasteiger partial charge in [0.25, 0.3) is 0 Å². The van der Waals surface area contributed by atoms with Crippen LogP contribution >= 0.6 is 0 Å². The molecule has 0 saturated carbocycles. The molecule has 0 amide bonds. The summed E-state index contributed by atoms with van der Waals surface area (Å²) in [4.78, 5) is 7.00. The van der Waals surface area contributed by atoms with Crippen LogP contribution in [0.15, 0.2) is 72.9 Å². The van der Waals surface area contributed by atoms with Crippen LogP contribution in [-0.2, 0) is 0 Å². The topological polar surface area (TPSA) is 77.5 Å². The zero-order valence-corrected chi connectivity index (χ0v) is 16.3. The van der Waals surface area contributed by atoms with Crippen molar-refractivity contribution in [1.82, 2.24) is 35.0 Å². The first-order valence-electron chi connectivity index (χ1n) is 10.2. The molecular weight excluding hydrogens is 376 g/mol. The van der Waals surface area contributed by atoms with Gasteiger partial charge in [-0.2, -0.15) is 0 Å². The molecule has 0 spiro atoms. The summed E-state index contributed by atoms with van der Waals surface area (Å²) in [6.45, 7) is 0. The fourth-order valence-electron chi connectivity index (χ4n) is 4.47. The highest BCUT2D eigenvalue weighted by molar-refractivity contribution is 5.75. The average Bonchev–Trinajstić information content (AvgIpc) is 3.44. The summed E-state index contributed by atoms with van der Waals surface area (Å²) >= 11 is 0. The third-order valence-corrected chi connectivity index (χ3v) is 5.80. The number of benzene rings is 2. The number of fused-ring (bicyclic) bond motifs is 2. The van der Waals surface area contributed by atoms with Crippen LogP contribution in [-0.4, -0.2) is 35.0 Å². The van der Waals surface area contributed by atoms with E-state index in [1.165, 1.54) is 0 Å². The molecule has 8 heteroatoms. The number of para-hydroxylation sites is 2. The van der Waals surface area contributed by atoms with Crippen molar-refractivity contribution in [3.05, 3.63) is 72.9 Å². The van der Waals surface area contributed by atoms with Gasteiger partial charge in [-0.3, -0.25) is 0 Å². The molecule has 5 aromatic rings. The van der Waals surface area contributed by atoms with E-state index in [0.29, 0.717) is 0 Å². The molecule has 2 aromatic carbocycles. The molecule has 0 radical (unpaired) electrons. The Morgan fingerprint density at radius 2 is 1.23 bits per heavy atom. The van der Waals surface area contributed by atoms with Gasteiger partial charge in [-0.15, -0.1) is 10.2 Å². The molecule has 1 saturated heterocycles. The molecule has 0 aliphatic carbocycles. The molecule has 8 nitrogen and oxygen atoms in total. The lowest BCUT2D eigenvalue weighted by Crippen LogP contribution is -2.43. The van der Waals surface area contributed by atoms with Gasteiger partial charge in [0, 0.05) is 6.20 Å². The average molecular weight is 396 g/mol. The minimum absolute atomic E-state index is 0.0194. The largest absolute Gasteiger partial charge is 0.312 e. The number of anilines is 1. The second-order valence-electron chi connectivity index (χ2n) is 7.53. The molecule has 1 fully saturated rings. The Bertz CT molecular complexity index is 1230. The zero-order valence-electron chi connectivity index (χ0n) is 16.3. The molecule has 1 aliphatic rings. The van der Waals surface area contributed by atoms with E-state index in [9.17, 15) is 0 Å². The second-order valence-corrected chi connectivity index (χ2v) is 7.53. The molecule has 148 valence electrons. The predicted octanol–water partition coefficient (Wildman–Crippen LogP) is 3.96. The van der Waals surface area contributed by atoms with Crippen LogP contribution in [0.3, 0.4) is 0 Å². The van der Waals surface area contributed by atoms with Crippen LogP contribution < -0.4 is 4.90 Å². The van der Waals surface area contributed by atoms with E-state index in [2.05, 4.69) is 42.6 Å². The molecule has 3 aromatic heterocycles. The SMILES string of the molecule is c1ccc(N2C(n3nnc4ccccc43)CCCC2n2nnc3ccccc32)nc1. The van der Waals surface area contributed by atoms with Crippen molar-refractivity contribution in [2.75, 3.05) is 4.90 Å². The Balaban J connectivity index is 1.53. The molecule has 1 aliphatic heterocycles. The van der Waals surface area contributed by atoms with Crippen molar-refractivity contribution in [3.8, 4) is 0 Å². The molecule has 2 unspecified atom stereocenters. The summed E-state index contributed by atoms with van der Waals surface area (Å²) in [5.41, 5.74) is 3.83. The van der Waals surface area contributed by atoms with Gasteiger partial charge in [0.05, 0.1) is 11.0 Å². The Hall–Kier alpha value is -3.81. The van der Waals surface area contributed by atoms with Crippen molar-refractivity contribution >= 4 is 27.9 Å². The van der Waals surface area contributed by atoms with Crippen molar-refractivity contribution < 1.29 is 0 Å². The van der Waals surface area contributed by atoms with Crippen molar-refractivity contribution in [1.29, 1.82) is 0 Å². The maximum Gasteiger partial charge on any atom is 0.131 e. The Morgan fingerprint density at radius 3 is 1.80 bits per heavy atom. The lowest BCUT2D eigenvalue weighted by molar-refractivity contribution is 0.245. The van der Waals surface area contributed by atoms with Crippen molar-refractivity contribution in [2.45, 2.75) is 31.6 Å². The number of hydrogen-bond donors (Lipinski definition) is 0. The summed E-state index contributed by atoms with van der Waals surface area (Å²) < 4.78 is 4.05. The van der Waals surface area contributed by atoms with E-state index in [0.717, 1.165) is 47.1 Å². The number of rotatable bonds is 3. The highest BCUT2D eigenvalue weighted by Gasteiger charge is 2.36. The highest BCUT2D eigenvalue weighted by Crippen LogP contribution is 2.40. The van der Waals surface area contributed by atoms with Crippen molar-refractivity contribution in [3.63, 3.8) is 0 Å². The third kappa shape index (κ3) is 2.64. The fourth-order valence-corrected chi connectivity index (χ4v) is 4.47. The summed E-state index contributed by atoms with van der Waals surface area (Å²) in [5, 5.41) is 17.8. The van der Waals surface area contributed by atoms with E-state index in [4.69, 9.17) is 0 Å². The monoisotopic (exact) mass is 396 g/mol. The number of aromatic nitrogens is 7. The van der Waals surface area contributed by atoms with Gasteiger partial charge in [-0.05, 0) is 55.7 Å². The van der Waals surface area contributed by atoms with Crippen LogP contribution in [0.2, 0.25) is 0 Å². The summed E-state index contributed by atoms with van der Waals surface area (Å²) in [6.07, 6.45) is 4.74. The quantitative estimate of drug-likeness (QED) is 0.459. The number of nitrogens with zero attached hydrogens (tertiary/aromatic N) is 8. The van der Waals surface area contributed by atoms with Gasteiger partial charge in [-0.1, -0.05) is 40.8 Å². The number of piperidine rings is 1. The minimum Gasteiger partial charge on any atom is -0.312 e. The Labute approximate surface area is 172 Å². The van der Waals surface area contributed by atoms with E-state index in [1.807, 2.05) is 70.2 Å². The molecule has 0 bridgehead atoms. The standard InChI is InChI=1S/C22H20N8/c1-3-10-18-16(8-1)24-26-29(18)21-13-7-14-22(28(21)20-12-5-6-15-23-20)30-19-11-4-2-9-17(19)25-27-30/h1-6,8-12,15,21-22H,7,13-14H2. The Kier molecular flexibility index (Phi) is 3.93. The number of pyridine rings is 1.